The van der Waals surface area contributed by atoms with Crippen molar-refractivity contribution in [2.24, 2.45) is 0 Å². The Labute approximate surface area is 193 Å². The first-order chi connectivity index (χ1) is 14.6. The van der Waals surface area contributed by atoms with Crippen molar-refractivity contribution < 1.29 is 14.3 Å². The number of hydrogen-bond donors (Lipinski definition) is 0. The maximum Gasteiger partial charge on any atom is 0.273 e. The van der Waals surface area contributed by atoms with E-state index >= 15 is 0 Å². The van der Waals surface area contributed by atoms with Gasteiger partial charge in [0.25, 0.3) is 5.91 Å². The summed E-state index contributed by atoms with van der Waals surface area (Å²) in [5, 5.41) is 0.697. The van der Waals surface area contributed by atoms with E-state index in [2.05, 4.69) is 18.7 Å². The van der Waals surface area contributed by atoms with Gasteiger partial charge in [0.05, 0.1) is 10.2 Å². The lowest BCUT2D eigenvalue weighted by molar-refractivity contribution is -0.130. The molecular formula is C23H28ClN3O3S. The second-order valence-electron chi connectivity index (χ2n) is 7.29. The number of likely N-dealkylation sites (N-methyl/N-ethyl adjacent to an activating group) is 1. The summed E-state index contributed by atoms with van der Waals surface area (Å²) >= 11 is 1.53. The quantitative estimate of drug-likeness (QED) is 0.513. The highest BCUT2D eigenvalue weighted by Crippen LogP contribution is 2.35. The third kappa shape index (κ3) is 4.95. The van der Waals surface area contributed by atoms with Crippen LogP contribution >= 0.6 is 23.7 Å². The van der Waals surface area contributed by atoms with Crippen LogP contribution in [0.5, 0.6) is 11.5 Å². The number of anilines is 1. The zero-order chi connectivity index (χ0) is 21.1. The van der Waals surface area contributed by atoms with E-state index in [0.717, 1.165) is 29.9 Å². The molecule has 0 fully saturated rings. The molecule has 6 nitrogen and oxygen atoms in total. The molecule has 0 saturated carbocycles. The summed E-state index contributed by atoms with van der Waals surface area (Å²) in [4.78, 5) is 22.5. The van der Waals surface area contributed by atoms with Crippen LogP contribution in [0.15, 0.2) is 48.5 Å². The molecule has 2 atom stereocenters. The molecule has 1 aliphatic rings. The number of rotatable bonds is 7. The molecule has 4 rings (SSSR count). The summed E-state index contributed by atoms with van der Waals surface area (Å²) in [5.74, 6) is 1.15. The Kier molecular flexibility index (Phi) is 7.75. The van der Waals surface area contributed by atoms with Crippen LogP contribution in [0, 0.1) is 0 Å². The molecule has 0 spiro atoms. The highest BCUT2D eigenvalue weighted by molar-refractivity contribution is 7.22. The summed E-state index contributed by atoms with van der Waals surface area (Å²) < 4.78 is 13.1. The molecule has 1 aromatic heterocycles. The third-order valence-corrected chi connectivity index (χ3v) is 6.46. The maximum atomic E-state index is 13.7. The van der Waals surface area contributed by atoms with Gasteiger partial charge in [-0.25, -0.2) is 4.98 Å². The number of carbonyl (C=O) groups is 1. The van der Waals surface area contributed by atoms with Gasteiger partial charge < -0.3 is 14.4 Å². The number of nitrogens with zero attached hydrogens (tertiary/aromatic N) is 3. The lowest BCUT2D eigenvalue weighted by atomic mass is 10.1. The molecule has 0 N–H and O–H groups in total. The molecule has 3 aromatic rings. The molecule has 2 unspecified atom stereocenters. The normalized spacial score (nSPS) is 17.4. The molecule has 0 aliphatic carbocycles. The van der Waals surface area contributed by atoms with Crippen LogP contribution in [0.3, 0.4) is 0 Å². The zero-order valence-corrected chi connectivity index (χ0v) is 19.6. The molecule has 2 aromatic carbocycles. The van der Waals surface area contributed by atoms with E-state index in [-0.39, 0.29) is 18.3 Å². The van der Waals surface area contributed by atoms with Crippen LogP contribution in [0.2, 0.25) is 0 Å². The summed E-state index contributed by atoms with van der Waals surface area (Å²) in [6.45, 7) is 9.33. The van der Waals surface area contributed by atoms with Crippen molar-refractivity contribution in [1.29, 1.82) is 0 Å². The second kappa shape index (κ2) is 10.3. The summed E-state index contributed by atoms with van der Waals surface area (Å²) in [5.41, 5.74) is 0.900. The minimum atomic E-state index is -0.719. The van der Waals surface area contributed by atoms with Crippen LogP contribution in [0.4, 0.5) is 5.13 Å². The number of ether oxygens (including phenoxy) is 2. The fourth-order valence-corrected chi connectivity index (χ4v) is 4.60. The van der Waals surface area contributed by atoms with Gasteiger partial charge in [-0.15, -0.1) is 12.4 Å². The van der Waals surface area contributed by atoms with Gasteiger partial charge in [0.2, 0.25) is 6.10 Å². The van der Waals surface area contributed by atoms with Gasteiger partial charge in [0, 0.05) is 13.1 Å². The molecule has 0 saturated heterocycles. The molecule has 1 aliphatic heterocycles. The lowest BCUT2D eigenvalue weighted by Gasteiger charge is -2.34. The molecule has 2 heterocycles. The molecule has 1 amide bonds. The number of thiazole rings is 1. The SMILES string of the molecule is CCN(CC)CCN(C(=O)C1Oc2ccccc2OC1C)c1nc2ccccc2s1.Cl. The number of aromatic nitrogens is 1. The maximum absolute atomic E-state index is 13.7. The predicted octanol–water partition coefficient (Wildman–Crippen LogP) is 4.62. The van der Waals surface area contributed by atoms with Crippen LogP contribution < -0.4 is 14.4 Å². The van der Waals surface area contributed by atoms with Gasteiger partial charge in [0.15, 0.2) is 16.6 Å². The molecule has 166 valence electrons. The molecular weight excluding hydrogens is 434 g/mol. The van der Waals surface area contributed by atoms with Crippen molar-refractivity contribution in [1.82, 2.24) is 9.88 Å². The van der Waals surface area contributed by atoms with Gasteiger partial charge in [-0.2, -0.15) is 0 Å². The standard InChI is InChI=1S/C23H27N3O3S.ClH/c1-4-25(5-2)14-15-26(23-24-17-10-6-9-13-20(17)30-23)22(27)21-16(3)28-18-11-7-8-12-19(18)29-21;/h6-13,16,21H,4-5,14-15H2,1-3H3;1H. The van der Waals surface area contributed by atoms with E-state index in [1.807, 2.05) is 55.5 Å². The number of carbonyl (C=O) groups excluding carboxylic acids is 1. The Bertz CT molecular complexity index is 991. The van der Waals surface area contributed by atoms with Crippen molar-refractivity contribution in [2.45, 2.75) is 33.0 Å². The Balaban J connectivity index is 0.00000272. The minimum absolute atomic E-state index is 0. The highest BCUT2D eigenvalue weighted by atomic mass is 35.5. The Morgan fingerprint density at radius 2 is 1.65 bits per heavy atom. The van der Waals surface area contributed by atoms with Crippen molar-refractivity contribution in [3.05, 3.63) is 48.5 Å². The average molecular weight is 462 g/mol. The number of benzene rings is 2. The van der Waals surface area contributed by atoms with Crippen LogP contribution in [0.1, 0.15) is 20.8 Å². The van der Waals surface area contributed by atoms with Gasteiger partial charge in [-0.1, -0.05) is 49.4 Å². The number of para-hydroxylation sites is 3. The fraction of sp³-hybridized carbons (Fsp3) is 0.391. The van der Waals surface area contributed by atoms with E-state index in [4.69, 9.17) is 14.5 Å². The smallest absolute Gasteiger partial charge is 0.273 e. The van der Waals surface area contributed by atoms with Crippen molar-refractivity contribution >= 4 is 45.0 Å². The first-order valence-corrected chi connectivity index (χ1v) is 11.2. The Morgan fingerprint density at radius 3 is 2.32 bits per heavy atom. The van der Waals surface area contributed by atoms with Gasteiger partial charge in [0.1, 0.15) is 6.10 Å². The van der Waals surface area contributed by atoms with Crippen LogP contribution in [-0.4, -0.2) is 54.2 Å². The van der Waals surface area contributed by atoms with Gasteiger partial charge in [-0.3, -0.25) is 9.69 Å². The van der Waals surface area contributed by atoms with E-state index in [1.54, 1.807) is 4.90 Å². The number of halogens is 1. The van der Waals surface area contributed by atoms with Gasteiger partial charge in [-0.05, 0) is 44.3 Å². The summed E-state index contributed by atoms with van der Waals surface area (Å²) in [6.07, 6.45) is -1.11. The van der Waals surface area contributed by atoms with E-state index in [9.17, 15) is 4.79 Å². The van der Waals surface area contributed by atoms with Crippen LogP contribution in [-0.2, 0) is 4.79 Å². The lowest BCUT2D eigenvalue weighted by Crippen LogP contribution is -2.52. The zero-order valence-electron chi connectivity index (χ0n) is 18.0. The predicted molar refractivity (Wildman–Crippen MR) is 128 cm³/mol. The fourth-order valence-electron chi connectivity index (χ4n) is 3.60. The first-order valence-electron chi connectivity index (χ1n) is 10.4. The van der Waals surface area contributed by atoms with Crippen molar-refractivity contribution in [3.63, 3.8) is 0 Å². The van der Waals surface area contributed by atoms with Crippen molar-refractivity contribution in [2.75, 3.05) is 31.1 Å². The topological polar surface area (TPSA) is 54.9 Å². The molecule has 31 heavy (non-hydrogen) atoms. The summed E-state index contributed by atoms with van der Waals surface area (Å²) in [6, 6.07) is 15.4. The third-order valence-electron chi connectivity index (χ3n) is 5.40. The number of fused-ring (bicyclic) bond motifs is 2. The van der Waals surface area contributed by atoms with Crippen molar-refractivity contribution in [3.8, 4) is 11.5 Å². The van der Waals surface area contributed by atoms with Gasteiger partial charge >= 0.3 is 0 Å². The Morgan fingerprint density at radius 1 is 1.00 bits per heavy atom. The number of amides is 1. The Hall–Kier alpha value is -2.35. The molecule has 0 bridgehead atoms. The highest BCUT2D eigenvalue weighted by Gasteiger charge is 2.38. The molecule has 0 radical (unpaired) electrons. The average Bonchev–Trinajstić information content (AvgIpc) is 3.19. The monoisotopic (exact) mass is 461 g/mol. The summed E-state index contributed by atoms with van der Waals surface area (Å²) in [7, 11) is 0. The molecule has 8 heteroatoms. The largest absolute Gasteiger partial charge is 0.482 e. The minimum Gasteiger partial charge on any atom is -0.482 e. The second-order valence-corrected chi connectivity index (χ2v) is 8.30. The van der Waals surface area contributed by atoms with Crippen LogP contribution in [0.25, 0.3) is 10.2 Å². The van der Waals surface area contributed by atoms with E-state index in [1.165, 1.54) is 11.3 Å². The van der Waals surface area contributed by atoms with E-state index in [0.29, 0.717) is 23.2 Å². The number of hydrogen-bond acceptors (Lipinski definition) is 6. The van der Waals surface area contributed by atoms with E-state index < -0.39 is 12.2 Å². The first kappa shape index (κ1) is 23.3.